The van der Waals surface area contributed by atoms with Gasteiger partial charge in [0.1, 0.15) is 18.6 Å². The normalized spacial score (nSPS) is 22.4. The summed E-state index contributed by atoms with van der Waals surface area (Å²) < 4.78 is 36.3. The Morgan fingerprint density at radius 3 is 2.79 bits per heavy atom. The van der Waals surface area contributed by atoms with E-state index in [0.29, 0.717) is 42.7 Å². The van der Waals surface area contributed by atoms with E-state index in [4.69, 9.17) is 4.74 Å². The van der Waals surface area contributed by atoms with Crippen LogP contribution < -0.4 is 10.9 Å². The molecule has 2 aliphatic rings. The number of aromatic nitrogens is 2. The Labute approximate surface area is 189 Å². The van der Waals surface area contributed by atoms with Crippen molar-refractivity contribution in [2.24, 2.45) is 0 Å². The molecule has 4 heterocycles. The van der Waals surface area contributed by atoms with E-state index in [2.05, 4.69) is 10.3 Å². The van der Waals surface area contributed by atoms with Gasteiger partial charge in [0.05, 0.1) is 23.3 Å². The van der Waals surface area contributed by atoms with Gasteiger partial charge < -0.3 is 14.6 Å². The Hall–Kier alpha value is -3.33. The van der Waals surface area contributed by atoms with Gasteiger partial charge in [0.25, 0.3) is 5.56 Å². The van der Waals surface area contributed by atoms with Crippen LogP contribution in [0.15, 0.2) is 53.5 Å². The van der Waals surface area contributed by atoms with Gasteiger partial charge in [-0.15, -0.1) is 0 Å². The third-order valence-electron chi connectivity index (χ3n) is 6.42. The van der Waals surface area contributed by atoms with Crippen molar-refractivity contribution < 1.29 is 18.3 Å². The number of ether oxygens (including phenoxy) is 1. The average molecular weight is 454 g/mol. The molecule has 1 aromatic carbocycles. The highest BCUT2D eigenvalue weighted by Crippen LogP contribution is 2.34. The molecule has 2 aromatic heterocycles. The van der Waals surface area contributed by atoms with Crippen LogP contribution in [0.4, 0.5) is 13.6 Å². The molecule has 0 saturated carbocycles. The molecule has 1 N–H and O–H groups in total. The van der Waals surface area contributed by atoms with Gasteiger partial charge in [-0.1, -0.05) is 30.3 Å². The summed E-state index contributed by atoms with van der Waals surface area (Å²) in [6, 6.07) is 11.7. The van der Waals surface area contributed by atoms with Crippen molar-refractivity contribution in [2.45, 2.75) is 37.7 Å². The molecule has 1 amide bonds. The number of pyridine rings is 2. The molecule has 172 valence electrons. The van der Waals surface area contributed by atoms with Crippen LogP contribution in [-0.4, -0.2) is 52.4 Å². The van der Waals surface area contributed by atoms with Crippen LogP contribution >= 0.6 is 0 Å². The number of carbonyl (C=O) groups excluding carboxylic acids is 1. The molecule has 0 bridgehead atoms. The Balaban J connectivity index is 1.19. The van der Waals surface area contributed by atoms with Crippen LogP contribution in [0.2, 0.25) is 0 Å². The van der Waals surface area contributed by atoms with Crippen LogP contribution in [0.25, 0.3) is 11.0 Å². The van der Waals surface area contributed by atoms with E-state index in [9.17, 15) is 18.4 Å². The molecule has 2 aliphatic heterocycles. The first-order valence-electron chi connectivity index (χ1n) is 11.0. The fourth-order valence-corrected chi connectivity index (χ4v) is 4.82. The van der Waals surface area contributed by atoms with Gasteiger partial charge in [0.2, 0.25) is 0 Å². The molecule has 0 radical (unpaired) electrons. The SMILES string of the molecule is O=C(N[C@H]1CCN(CC2Cn3c(=O)ccc4ncc(F)c2c43)C[C@H]1F)OCc1ccccc1. The van der Waals surface area contributed by atoms with E-state index in [1.54, 1.807) is 10.6 Å². The number of alkyl halides is 1. The van der Waals surface area contributed by atoms with Crippen molar-refractivity contribution in [1.29, 1.82) is 0 Å². The number of hydrogen-bond donors (Lipinski definition) is 1. The van der Waals surface area contributed by atoms with E-state index in [0.717, 1.165) is 5.56 Å². The maximum absolute atomic E-state index is 14.9. The van der Waals surface area contributed by atoms with Gasteiger partial charge in [0, 0.05) is 43.7 Å². The molecule has 3 aromatic rings. The highest BCUT2D eigenvalue weighted by Gasteiger charge is 2.35. The zero-order valence-corrected chi connectivity index (χ0v) is 17.9. The minimum absolute atomic E-state index is 0.112. The second-order valence-electron chi connectivity index (χ2n) is 8.61. The predicted molar refractivity (Wildman–Crippen MR) is 118 cm³/mol. The fourth-order valence-electron chi connectivity index (χ4n) is 4.82. The average Bonchev–Trinajstić information content (AvgIpc) is 3.20. The summed E-state index contributed by atoms with van der Waals surface area (Å²) in [7, 11) is 0. The lowest BCUT2D eigenvalue weighted by atomic mass is 9.97. The molecular formula is C24H24F2N4O3. The number of carbonyl (C=O) groups is 1. The number of alkyl carbamates (subject to hydrolysis) is 1. The van der Waals surface area contributed by atoms with Gasteiger partial charge in [-0.3, -0.25) is 14.7 Å². The summed E-state index contributed by atoms with van der Waals surface area (Å²) in [6.45, 7) is 1.54. The number of halogens is 2. The van der Waals surface area contributed by atoms with Crippen LogP contribution in [0.1, 0.15) is 23.5 Å². The number of benzene rings is 1. The summed E-state index contributed by atoms with van der Waals surface area (Å²) in [6.07, 6.45) is -0.334. The largest absolute Gasteiger partial charge is 0.445 e. The van der Waals surface area contributed by atoms with Gasteiger partial charge in [0.15, 0.2) is 0 Å². The van der Waals surface area contributed by atoms with Crippen molar-refractivity contribution >= 4 is 17.1 Å². The van der Waals surface area contributed by atoms with Crippen LogP contribution in [0, 0.1) is 5.82 Å². The molecule has 33 heavy (non-hydrogen) atoms. The minimum Gasteiger partial charge on any atom is -0.445 e. The van der Waals surface area contributed by atoms with E-state index < -0.39 is 24.1 Å². The first-order valence-corrected chi connectivity index (χ1v) is 11.0. The number of nitrogens with zero attached hydrogens (tertiary/aromatic N) is 3. The van der Waals surface area contributed by atoms with Crippen molar-refractivity contribution in [3.63, 3.8) is 0 Å². The van der Waals surface area contributed by atoms with Gasteiger partial charge >= 0.3 is 6.09 Å². The second kappa shape index (κ2) is 8.90. The second-order valence-corrected chi connectivity index (χ2v) is 8.61. The van der Waals surface area contributed by atoms with Crippen LogP contribution in [0.5, 0.6) is 0 Å². The maximum Gasteiger partial charge on any atom is 0.407 e. The molecule has 7 nitrogen and oxygen atoms in total. The van der Waals surface area contributed by atoms with E-state index in [1.807, 2.05) is 35.2 Å². The summed E-state index contributed by atoms with van der Waals surface area (Å²) in [5.74, 6) is -0.711. The van der Waals surface area contributed by atoms with Crippen molar-refractivity contribution in [2.75, 3.05) is 19.6 Å². The van der Waals surface area contributed by atoms with Crippen molar-refractivity contribution in [3.05, 3.63) is 76.0 Å². The molecule has 9 heteroatoms. The Morgan fingerprint density at radius 1 is 1.18 bits per heavy atom. The molecule has 0 aliphatic carbocycles. The van der Waals surface area contributed by atoms with E-state index in [1.165, 1.54) is 12.3 Å². The maximum atomic E-state index is 14.9. The number of likely N-dealkylation sites (tertiary alicyclic amines) is 1. The molecule has 0 spiro atoms. The smallest absolute Gasteiger partial charge is 0.407 e. The zero-order chi connectivity index (χ0) is 22.9. The highest BCUT2D eigenvalue weighted by molar-refractivity contribution is 5.80. The van der Waals surface area contributed by atoms with Gasteiger partial charge in [-0.25, -0.2) is 13.6 Å². The van der Waals surface area contributed by atoms with E-state index in [-0.39, 0.29) is 24.6 Å². The molecule has 3 atom stereocenters. The van der Waals surface area contributed by atoms with Crippen molar-refractivity contribution in [1.82, 2.24) is 19.8 Å². The first-order chi connectivity index (χ1) is 16.0. The van der Waals surface area contributed by atoms with Crippen LogP contribution in [0.3, 0.4) is 0 Å². The zero-order valence-electron chi connectivity index (χ0n) is 17.9. The first kappa shape index (κ1) is 21.5. The molecule has 5 rings (SSSR count). The molecular weight excluding hydrogens is 430 g/mol. The number of nitrogens with one attached hydrogen (secondary N) is 1. The number of hydrogen-bond acceptors (Lipinski definition) is 5. The topological polar surface area (TPSA) is 76.5 Å². The number of amides is 1. The lowest BCUT2D eigenvalue weighted by molar-refractivity contribution is 0.0845. The van der Waals surface area contributed by atoms with Crippen LogP contribution in [-0.2, 0) is 17.9 Å². The predicted octanol–water partition coefficient (Wildman–Crippen LogP) is 2.97. The highest BCUT2D eigenvalue weighted by atomic mass is 19.1. The number of rotatable bonds is 5. The number of piperidine rings is 1. The Morgan fingerprint density at radius 2 is 2.00 bits per heavy atom. The Bertz CT molecular complexity index is 1230. The lowest BCUT2D eigenvalue weighted by Crippen LogP contribution is -2.53. The third kappa shape index (κ3) is 4.32. The molecule has 1 unspecified atom stereocenters. The quantitative estimate of drug-likeness (QED) is 0.642. The van der Waals surface area contributed by atoms with Crippen molar-refractivity contribution in [3.8, 4) is 0 Å². The molecule has 1 saturated heterocycles. The van der Waals surface area contributed by atoms with E-state index >= 15 is 0 Å². The summed E-state index contributed by atoms with van der Waals surface area (Å²) in [5, 5.41) is 2.62. The minimum atomic E-state index is -1.28. The summed E-state index contributed by atoms with van der Waals surface area (Å²) in [5.41, 5.74) is 2.24. The lowest BCUT2D eigenvalue weighted by Gasteiger charge is -2.36. The van der Waals surface area contributed by atoms with Gasteiger partial charge in [-0.2, -0.15) is 0 Å². The summed E-state index contributed by atoms with van der Waals surface area (Å²) in [4.78, 5) is 30.4. The molecule has 1 fully saturated rings. The fraction of sp³-hybridized carbons (Fsp3) is 0.375. The Kier molecular flexibility index (Phi) is 5.80. The monoisotopic (exact) mass is 454 g/mol. The third-order valence-corrected chi connectivity index (χ3v) is 6.42. The summed E-state index contributed by atoms with van der Waals surface area (Å²) >= 11 is 0. The standard InChI is InChI=1S/C24H24F2N4O3/c25-17-10-27-20-6-7-21(31)30-12-16(22(17)23(20)30)11-29-9-8-19(18(26)13-29)28-24(32)33-14-15-4-2-1-3-5-15/h1-7,10,16,18-19H,8-9,11-14H2,(H,28,32)/t16?,18-,19+/m1/s1. The van der Waals surface area contributed by atoms with Gasteiger partial charge in [-0.05, 0) is 18.1 Å².